The molecule has 4 aromatic carbocycles. The van der Waals surface area contributed by atoms with Crippen molar-refractivity contribution in [1.82, 2.24) is 0 Å². The average molecular weight is 1360 g/mol. The average Bonchev–Trinajstić information content (AvgIpc) is 0.777. The Labute approximate surface area is 539 Å². The standard InChI is InChI=1S/C60H66O36/c61-17-35-44(73)48(77)53(82)58(93-35)90-31-5-1-21(9-27(31)63)4-8-41(70)86-19-37-46(75)50(79)54(83)59(95-37)91-32-6-2-22(10-28(32)64)3-7-40(69)85-18-36-45(74)49(78)52(81)57(94-36)88-24-13-26(62)25-15-34(56(89-33(25)14-24)23-11-29(65)43(72)30(66)12-23)92-60-55(84)51(80)47(76)38(96-60)20-87-42(71)16-39(67)68/h1-15,35-38,44-66,72-84H,16-20H2,(H,67,68)/p+1/b7-3+,8-4+/t35-,36-,37-,38-,44-,45-,46-,47-,48+,49+,50+,51+,52-,53-,54-,55-,56?,57-,58-,59-,60-/m1/s1. The molecule has 1 unspecified atom stereocenters. The second kappa shape index (κ2) is 30.4. The molecule has 21 atom stereocenters. The van der Waals surface area contributed by atoms with Crippen LogP contribution >= 0.6 is 0 Å². The third-order valence-corrected chi connectivity index (χ3v) is 15.5. The van der Waals surface area contributed by atoms with E-state index in [1.807, 2.05) is 0 Å². The van der Waals surface area contributed by atoms with Crippen molar-refractivity contribution < 1.29 is 178 Å². The van der Waals surface area contributed by atoms with Gasteiger partial charge < -0.3 is 159 Å². The Bertz CT molecular complexity index is 3510. The lowest BCUT2D eigenvalue weighted by atomic mass is 9.98. The minimum Gasteiger partial charge on any atom is -0.571 e. The molecular formula is C60H67O36+. The van der Waals surface area contributed by atoms with Crippen molar-refractivity contribution in [2.75, 3.05) is 26.4 Å². The van der Waals surface area contributed by atoms with Crippen LogP contribution in [0.1, 0.15) is 34.8 Å². The van der Waals surface area contributed by atoms with Gasteiger partial charge in [-0.1, -0.05) is 12.1 Å². The summed E-state index contributed by atoms with van der Waals surface area (Å²) in [4.78, 5) is 48.5. The van der Waals surface area contributed by atoms with Crippen molar-refractivity contribution in [1.29, 1.82) is 0 Å². The maximum atomic E-state index is 13.0. The van der Waals surface area contributed by atoms with Gasteiger partial charge in [0.05, 0.1) is 18.2 Å². The van der Waals surface area contributed by atoms with Crippen molar-refractivity contribution in [3.8, 4) is 57.5 Å². The minimum absolute atomic E-state index is 0.129. The summed E-state index contributed by atoms with van der Waals surface area (Å²) >= 11 is 0. The van der Waals surface area contributed by atoms with Crippen LogP contribution in [-0.2, 0) is 57.1 Å². The number of carboxylic acids is 1. The summed E-state index contributed by atoms with van der Waals surface area (Å²) in [5.74, 6) is -10.7. The molecule has 36 nitrogen and oxygen atoms in total. The fourth-order valence-corrected chi connectivity index (χ4v) is 10.2. The zero-order valence-corrected chi connectivity index (χ0v) is 49.3. The highest BCUT2D eigenvalue weighted by atomic mass is 16.7. The number of benzene rings is 4. The molecule has 21 N–H and O–H groups in total. The SMILES string of the molecule is O=C(O)CC(=O)OC[C@H]1O[C@@H](OC2=Cc3c(O)cc(O[C@@H]4O[C@H](COC(=O)/C=C/c5ccc(O[C@@H]6O[C@H](COC(=O)/C=C/c7ccc(O[C@@H]8O[C@H](CO)[C@@H](O)[C@H](O)[C@H]8O)c(O)c7)[C@@H](O)[C@H](O)[C@H]6O)c(O)c5)[C@@H](O)[C@H](O)[C@H]4O)cc3[OH+]C2c2cc(O)c(O)c(O)c2)[C@H](O)[C@@H](O)[C@@H]1O. The number of aromatic hydroxyl groups is 7. The van der Waals surface area contributed by atoms with Crippen LogP contribution in [0.2, 0.25) is 0 Å². The highest BCUT2D eigenvalue weighted by Gasteiger charge is 2.50. The predicted octanol–water partition coefficient (Wildman–Crippen LogP) is -4.84. The van der Waals surface area contributed by atoms with Crippen LogP contribution < -0.4 is 14.2 Å². The lowest BCUT2D eigenvalue weighted by Crippen LogP contribution is -2.60. The monoisotopic (exact) mass is 1360 g/mol. The molecule has 5 aliphatic heterocycles. The van der Waals surface area contributed by atoms with E-state index in [1.54, 1.807) is 0 Å². The number of aliphatic hydroxyl groups is 14. The van der Waals surface area contributed by atoms with E-state index in [9.17, 15) is 116 Å². The van der Waals surface area contributed by atoms with Gasteiger partial charge in [-0.05, 0) is 59.7 Å². The van der Waals surface area contributed by atoms with Crippen molar-refractivity contribution in [3.05, 3.63) is 101 Å². The fourth-order valence-electron chi connectivity index (χ4n) is 10.2. The molecule has 0 bridgehead atoms. The van der Waals surface area contributed by atoms with Crippen LogP contribution in [0.3, 0.4) is 0 Å². The summed E-state index contributed by atoms with van der Waals surface area (Å²) in [5, 5.41) is 209. The molecule has 5 aliphatic rings. The maximum Gasteiger partial charge on any atom is 0.330 e. The quantitative estimate of drug-likeness (QED) is 0.00876. The first kappa shape index (κ1) is 71.4. The number of ether oxygens (including phenoxy) is 12. The molecule has 0 spiro atoms. The first-order chi connectivity index (χ1) is 45.5. The highest BCUT2D eigenvalue weighted by molar-refractivity contribution is 5.90. The molecule has 5 heterocycles. The van der Waals surface area contributed by atoms with Gasteiger partial charge in [0.2, 0.25) is 25.2 Å². The van der Waals surface area contributed by atoms with Gasteiger partial charge in [0, 0.05) is 24.3 Å². The van der Waals surface area contributed by atoms with Crippen LogP contribution in [0, 0.1) is 0 Å². The molecule has 0 aromatic heterocycles. The van der Waals surface area contributed by atoms with Crippen LogP contribution in [0.5, 0.6) is 57.5 Å². The Hall–Kier alpha value is -8.90. The van der Waals surface area contributed by atoms with Gasteiger partial charge in [-0.15, -0.1) is 0 Å². The molecule has 4 aromatic rings. The summed E-state index contributed by atoms with van der Waals surface area (Å²) in [5.41, 5.74) is 0.0738. The number of aliphatic hydroxyl groups excluding tert-OH is 13. The van der Waals surface area contributed by atoms with E-state index in [-0.39, 0.29) is 51.0 Å². The molecule has 96 heavy (non-hydrogen) atoms. The third kappa shape index (κ3) is 16.3. The Balaban J connectivity index is 0.788. The molecule has 0 radical (unpaired) electrons. The molecule has 4 fully saturated rings. The van der Waals surface area contributed by atoms with Gasteiger partial charge in [-0.3, -0.25) is 9.59 Å². The fraction of sp³-hybridized carbons (Fsp3) is 0.433. The molecule has 0 saturated carbocycles. The summed E-state index contributed by atoms with van der Waals surface area (Å²) in [6.45, 7) is -3.05. The molecule has 522 valence electrons. The number of hydrogen-bond acceptors (Lipinski definition) is 34. The number of carbonyl (C=O) groups is 4. The third-order valence-electron chi connectivity index (χ3n) is 15.5. The summed E-state index contributed by atoms with van der Waals surface area (Å²) < 4.78 is 64.7. The van der Waals surface area contributed by atoms with Gasteiger partial charge in [0.25, 0.3) is 11.9 Å². The molecule has 9 rings (SSSR count). The minimum atomic E-state index is -2.05. The normalized spacial score (nSPS) is 32.1. The maximum absolute atomic E-state index is 13.0. The highest BCUT2D eigenvalue weighted by Crippen LogP contribution is 2.49. The van der Waals surface area contributed by atoms with E-state index < -0.39 is 220 Å². The van der Waals surface area contributed by atoms with Gasteiger partial charge >= 0.3 is 23.9 Å². The number of carboxylic acid groups (broad SMARTS) is 1. The summed E-state index contributed by atoms with van der Waals surface area (Å²) in [6.07, 6.45) is -33.3. The first-order valence-electron chi connectivity index (χ1n) is 28.8. The lowest BCUT2D eigenvalue weighted by Gasteiger charge is -2.41. The summed E-state index contributed by atoms with van der Waals surface area (Å²) in [6, 6.07) is 11.3. The molecule has 36 heteroatoms. The Morgan fingerprint density at radius 2 is 0.875 bits per heavy atom. The van der Waals surface area contributed by atoms with Crippen molar-refractivity contribution >= 4 is 42.1 Å². The van der Waals surface area contributed by atoms with E-state index >= 15 is 0 Å². The predicted molar refractivity (Wildman–Crippen MR) is 308 cm³/mol. The Kier molecular flexibility index (Phi) is 22.6. The van der Waals surface area contributed by atoms with Crippen LogP contribution in [-0.4, -0.2) is 280 Å². The van der Waals surface area contributed by atoms with Gasteiger partial charge in [-0.25, -0.2) is 9.59 Å². The largest absolute Gasteiger partial charge is 0.571 e. The first-order valence-corrected chi connectivity index (χ1v) is 28.8. The number of phenolic OH excluding ortho intramolecular Hbond substituents is 6. The second-order valence-corrected chi connectivity index (χ2v) is 22.2. The van der Waals surface area contributed by atoms with E-state index in [2.05, 4.69) is 4.74 Å². The molecule has 0 amide bonds. The Morgan fingerprint density at radius 1 is 0.458 bits per heavy atom. The second-order valence-electron chi connectivity index (χ2n) is 22.2. The van der Waals surface area contributed by atoms with Crippen molar-refractivity contribution in [2.24, 2.45) is 0 Å². The van der Waals surface area contributed by atoms with E-state index in [4.69, 9.17) is 57.2 Å². The Morgan fingerprint density at radius 3 is 1.31 bits per heavy atom. The smallest absolute Gasteiger partial charge is 0.330 e. The van der Waals surface area contributed by atoms with Crippen LogP contribution in [0.4, 0.5) is 0 Å². The number of aliphatic carboxylic acids is 1. The number of fused-ring (bicyclic) bond motifs is 1. The topological polar surface area (TPSA) is 587 Å². The van der Waals surface area contributed by atoms with Gasteiger partial charge in [-0.2, -0.15) is 0 Å². The molecular weight excluding hydrogens is 1300 g/mol. The van der Waals surface area contributed by atoms with E-state index in [1.165, 1.54) is 24.3 Å². The van der Waals surface area contributed by atoms with E-state index in [0.717, 1.165) is 66.8 Å². The van der Waals surface area contributed by atoms with Crippen LogP contribution in [0.25, 0.3) is 18.2 Å². The van der Waals surface area contributed by atoms with E-state index in [0.29, 0.717) is 0 Å². The molecule has 0 aliphatic carbocycles. The number of rotatable bonds is 22. The zero-order valence-electron chi connectivity index (χ0n) is 49.3. The summed E-state index contributed by atoms with van der Waals surface area (Å²) in [7, 11) is 0. The number of hydrogen-bond donors (Lipinski definition) is 20. The zero-order chi connectivity index (χ0) is 69.7. The number of carbonyl (C=O) groups excluding carboxylic acids is 3. The van der Waals surface area contributed by atoms with Crippen molar-refractivity contribution in [3.63, 3.8) is 0 Å². The lowest BCUT2D eigenvalue weighted by molar-refractivity contribution is -0.296. The number of esters is 3. The van der Waals surface area contributed by atoms with Gasteiger partial charge in [0.1, 0.15) is 141 Å². The molecule has 4 saturated heterocycles. The van der Waals surface area contributed by atoms with Crippen LogP contribution in [0.15, 0.2) is 78.6 Å². The number of phenols is 6. The van der Waals surface area contributed by atoms with Gasteiger partial charge in [0.15, 0.2) is 46.0 Å². The van der Waals surface area contributed by atoms with Crippen molar-refractivity contribution in [2.45, 2.75) is 135 Å².